The van der Waals surface area contributed by atoms with E-state index >= 15 is 0 Å². The first-order valence-corrected chi connectivity index (χ1v) is 21.9. The summed E-state index contributed by atoms with van der Waals surface area (Å²) in [5, 5.41) is 0. The van der Waals surface area contributed by atoms with Crippen molar-refractivity contribution in [1.82, 2.24) is 19.9 Å². The zero-order valence-electron chi connectivity index (χ0n) is 35.1. The fraction of sp³-hybridized carbons (Fsp3) is 0.0877. The van der Waals surface area contributed by atoms with Gasteiger partial charge in [0.25, 0.3) is 0 Å². The molecule has 0 saturated heterocycles. The molecule has 0 aliphatic heterocycles. The Labute approximate surface area is 368 Å². The Morgan fingerprint density at radius 1 is 0.302 bits per heavy atom. The van der Waals surface area contributed by atoms with Gasteiger partial charge in [0, 0.05) is 81.6 Å². The number of aryl methyl sites for hydroxylation is 2. The largest absolute Gasteiger partial charge is 0.337 e. The summed E-state index contributed by atoms with van der Waals surface area (Å²) in [6, 6.07) is 72.2. The Hall–Kier alpha value is -7.96. The van der Waals surface area contributed by atoms with Gasteiger partial charge in [0.05, 0.1) is 22.8 Å². The van der Waals surface area contributed by atoms with Crippen molar-refractivity contribution in [2.45, 2.75) is 32.4 Å². The van der Waals surface area contributed by atoms with Crippen LogP contribution in [0.3, 0.4) is 0 Å². The molecule has 4 aromatic heterocycles. The molecule has 6 aromatic carbocycles. The average Bonchev–Trinajstić information content (AvgIpc) is 4.02. The first kappa shape index (κ1) is 39.2. The van der Waals surface area contributed by atoms with Crippen LogP contribution in [0.2, 0.25) is 0 Å². The SMILES string of the molecule is c1ccc(-c2nc(-c3ccc(-c4cccc[n+]4CCCCC[n+]4ccccc4-c4ccc(-c5nc(-c6ccccc6)c(-c6ccccc6)[nH]5)cc4)cc3)[nH]c2-c2ccccc2)cc1. The molecule has 63 heavy (non-hydrogen) atoms. The molecule has 0 saturated carbocycles. The zero-order valence-corrected chi connectivity index (χ0v) is 35.1. The van der Waals surface area contributed by atoms with E-state index in [-0.39, 0.29) is 0 Å². The van der Waals surface area contributed by atoms with E-state index < -0.39 is 0 Å². The number of hydrogen-bond donors (Lipinski definition) is 2. The van der Waals surface area contributed by atoms with Crippen LogP contribution in [0.4, 0.5) is 0 Å². The maximum atomic E-state index is 5.12. The predicted octanol–water partition coefficient (Wildman–Crippen LogP) is 12.9. The molecule has 0 atom stereocenters. The Balaban J connectivity index is 0.794. The molecule has 10 rings (SSSR count). The third kappa shape index (κ3) is 8.65. The lowest BCUT2D eigenvalue weighted by atomic mass is 10.1. The number of nitrogens with zero attached hydrogens (tertiary/aromatic N) is 4. The van der Waals surface area contributed by atoms with Crippen molar-refractivity contribution < 1.29 is 9.13 Å². The number of hydrogen-bond acceptors (Lipinski definition) is 2. The van der Waals surface area contributed by atoms with E-state index in [1.165, 1.54) is 22.5 Å². The third-order valence-corrected chi connectivity index (χ3v) is 11.7. The summed E-state index contributed by atoms with van der Waals surface area (Å²) in [7, 11) is 0. The van der Waals surface area contributed by atoms with Gasteiger partial charge < -0.3 is 9.97 Å². The van der Waals surface area contributed by atoms with Crippen LogP contribution in [0, 0.1) is 0 Å². The molecule has 0 bridgehead atoms. The lowest BCUT2D eigenvalue weighted by Gasteiger charge is -2.06. The van der Waals surface area contributed by atoms with Crippen molar-refractivity contribution >= 4 is 0 Å². The van der Waals surface area contributed by atoms with Gasteiger partial charge in [-0.1, -0.05) is 146 Å². The molecule has 0 aliphatic carbocycles. The quantitative estimate of drug-likeness (QED) is 0.0848. The normalized spacial score (nSPS) is 11.2. The van der Waals surface area contributed by atoms with Gasteiger partial charge in [-0.25, -0.2) is 9.97 Å². The summed E-state index contributed by atoms with van der Waals surface area (Å²) in [5.74, 6) is 1.72. The van der Waals surface area contributed by atoms with Gasteiger partial charge in [0.15, 0.2) is 12.4 Å². The predicted molar refractivity (Wildman–Crippen MR) is 255 cm³/mol. The lowest BCUT2D eigenvalue weighted by Crippen LogP contribution is -2.37. The van der Waals surface area contributed by atoms with E-state index in [2.05, 4.69) is 213 Å². The van der Waals surface area contributed by atoms with Gasteiger partial charge in [-0.15, -0.1) is 0 Å². The zero-order chi connectivity index (χ0) is 42.2. The smallest absolute Gasteiger partial charge is 0.212 e. The van der Waals surface area contributed by atoms with Gasteiger partial charge >= 0.3 is 0 Å². The number of pyridine rings is 2. The summed E-state index contributed by atoms with van der Waals surface area (Å²) in [4.78, 5) is 17.5. The van der Waals surface area contributed by atoms with Crippen molar-refractivity contribution in [2.24, 2.45) is 0 Å². The minimum atomic E-state index is 0.862. The minimum Gasteiger partial charge on any atom is -0.337 e. The number of rotatable bonds is 14. The Bertz CT molecular complexity index is 2720. The van der Waals surface area contributed by atoms with E-state index in [0.717, 1.165) is 100 Å². The Morgan fingerprint density at radius 2 is 0.635 bits per heavy atom. The molecule has 4 heterocycles. The minimum absolute atomic E-state index is 0.862. The molecule has 10 aromatic rings. The maximum Gasteiger partial charge on any atom is 0.212 e. The van der Waals surface area contributed by atoms with Crippen LogP contribution in [0.1, 0.15) is 19.3 Å². The van der Waals surface area contributed by atoms with Crippen LogP contribution in [0.5, 0.6) is 0 Å². The van der Waals surface area contributed by atoms with Crippen LogP contribution < -0.4 is 9.13 Å². The molecule has 0 unspecified atom stereocenters. The topological polar surface area (TPSA) is 65.1 Å². The molecule has 6 nitrogen and oxygen atoms in total. The van der Waals surface area contributed by atoms with Crippen LogP contribution in [0.25, 0.3) is 90.3 Å². The molecule has 0 aliphatic rings. The first-order chi connectivity index (χ1) is 31.2. The van der Waals surface area contributed by atoms with E-state index in [1.807, 2.05) is 24.3 Å². The number of nitrogens with one attached hydrogen (secondary N) is 2. The molecule has 6 heteroatoms. The number of benzene rings is 6. The van der Waals surface area contributed by atoms with Crippen molar-refractivity contribution in [1.29, 1.82) is 0 Å². The van der Waals surface area contributed by atoms with Gasteiger partial charge in [0.1, 0.15) is 24.7 Å². The van der Waals surface area contributed by atoms with Gasteiger partial charge in [-0.05, 0) is 42.8 Å². The first-order valence-electron chi connectivity index (χ1n) is 21.9. The Morgan fingerprint density at radius 3 is 1.02 bits per heavy atom. The second-order valence-electron chi connectivity index (χ2n) is 15.9. The summed E-state index contributed by atoms with van der Waals surface area (Å²) >= 11 is 0. The molecule has 0 radical (unpaired) electrons. The third-order valence-electron chi connectivity index (χ3n) is 11.7. The summed E-state index contributed by atoms with van der Waals surface area (Å²) in [5.41, 5.74) is 15.3. The molecule has 2 N–H and O–H groups in total. The number of aromatic nitrogens is 6. The second-order valence-corrected chi connectivity index (χ2v) is 15.9. The molecule has 0 fully saturated rings. The number of imidazole rings is 2. The van der Waals surface area contributed by atoms with E-state index in [0.29, 0.717) is 0 Å². The van der Waals surface area contributed by atoms with Gasteiger partial charge in [0.2, 0.25) is 11.4 Å². The number of H-pyrrole nitrogens is 2. The highest BCUT2D eigenvalue weighted by Gasteiger charge is 2.19. The second kappa shape index (κ2) is 18.3. The highest BCUT2D eigenvalue weighted by molar-refractivity contribution is 5.83. The van der Waals surface area contributed by atoms with Crippen molar-refractivity contribution in [2.75, 3.05) is 0 Å². The molecule has 304 valence electrons. The molecular weight excluding hydrogens is 769 g/mol. The molecular formula is C57H48N6+2. The van der Waals surface area contributed by atoms with Crippen molar-refractivity contribution in [3.05, 3.63) is 219 Å². The summed E-state index contributed by atoms with van der Waals surface area (Å²) in [6.07, 6.45) is 7.71. The fourth-order valence-corrected chi connectivity index (χ4v) is 8.46. The van der Waals surface area contributed by atoms with Gasteiger partial charge in [-0.2, -0.15) is 9.13 Å². The Kier molecular flexibility index (Phi) is 11.4. The summed E-state index contributed by atoms with van der Waals surface area (Å²) < 4.78 is 4.77. The lowest BCUT2D eigenvalue weighted by molar-refractivity contribution is -0.690. The highest BCUT2D eigenvalue weighted by atomic mass is 15.0. The number of unbranched alkanes of at least 4 members (excludes halogenated alkanes) is 2. The van der Waals surface area contributed by atoms with Gasteiger partial charge in [-0.3, -0.25) is 0 Å². The standard InChI is InChI=1S/C57H46N6/c1-6-20-44(21-7-1)52-53(45-22-8-2-9-23-45)59-56(58-52)48-34-30-42(31-35-48)50-28-14-18-40-62(50)38-16-5-17-39-63-41-19-15-29-51(63)43-32-36-49(37-33-43)57-60-54(46-24-10-3-11-25-46)55(61-57)47-26-12-4-13-27-47/h1-4,6-15,18-37,40-41H,5,16-17,38-39H2/p+2. The fourth-order valence-electron chi connectivity index (χ4n) is 8.46. The van der Waals surface area contributed by atoms with Crippen molar-refractivity contribution in [3.8, 4) is 90.3 Å². The molecule has 0 spiro atoms. The van der Waals surface area contributed by atoms with E-state index in [9.17, 15) is 0 Å². The summed E-state index contributed by atoms with van der Waals surface area (Å²) in [6.45, 7) is 1.91. The maximum absolute atomic E-state index is 5.12. The molecule has 0 amide bonds. The monoisotopic (exact) mass is 816 g/mol. The number of aromatic amines is 2. The highest BCUT2D eigenvalue weighted by Crippen LogP contribution is 2.35. The van der Waals surface area contributed by atoms with Crippen LogP contribution >= 0.6 is 0 Å². The van der Waals surface area contributed by atoms with E-state index in [4.69, 9.17) is 9.97 Å². The van der Waals surface area contributed by atoms with E-state index in [1.54, 1.807) is 0 Å². The average molecular weight is 817 g/mol. The van der Waals surface area contributed by atoms with Crippen LogP contribution in [-0.4, -0.2) is 19.9 Å². The van der Waals surface area contributed by atoms with Crippen molar-refractivity contribution in [3.63, 3.8) is 0 Å². The van der Waals surface area contributed by atoms with Crippen LogP contribution in [0.15, 0.2) is 219 Å². The van der Waals surface area contributed by atoms with Crippen LogP contribution in [-0.2, 0) is 13.1 Å².